The maximum Gasteiger partial charge on any atom is 0.143 e. The number of hydrogen-bond donors (Lipinski definition) is 0. The van der Waals surface area contributed by atoms with E-state index in [4.69, 9.17) is 9.40 Å². The van der Waals surface area contributed by atoms with Crippen LogP contribution < -0.4 is 0 Å². The second-order valence-corrected chi connectivity index (χ2v) is 12.0. The van der Waals surface area contributed by atoms with E-state index in [1.54, 1.807) is 0 Å². The predicted molar refractivity (Wildman–Crippen MR) is 184 cm³/mol. The zero-order valence-corrected chi connectivity index (χ0v) is 23.5. The van der Waals surface area contributed by atoms with Crippen molar-refractivity contribution in [2.45, 2.75) is 0 Å². The first-order valence-corrected chi connectivity index (χ1v) is 15.0. The summed E-state index contributed by atoms with van der Waals surface area (Å²) in [5.41, 5.74) is 8.69. The molecule has 0 bridgehead atoms. The van der Waals surface area contributed by atoms with Crippen molar-refractivity contribution >= 4 is 92.5 Å². The van der Waals surface area contributed by atoms with Crippen molar-refractivity contribution in [2.75, 3.05) is 0 Å². The molecule has 3 nitrogen and oxygen atoms in total. The first-order chi connectivity index (χ1) is 21.8. The molecule has 0 saturated carbocycles. The number of nitrogens with zero attached hydrogens (tertiary/aromatic N) is 2. The maximum atomic E-state index is 6.34. The van der Waals surface area contributed by atoms with Crippen LogP contribution in [0.15, 0.2) is 138 Å². The van der Waals surface area contributed by atoms with E-state index in [0.29, 0.717) is 0 Å². The third kappa shape index (κ3) is 2.79. The van der Waals surface area contributed by atoms with E-state index in [0.717, 1.165) is 54.9 Å². The maximum absolute atomic E-state index is 6.34. The third-order valence-corrected chi connectivity index (χ3v) is 9.65. The van der Waals surface area contributed by atoms with Gasteiger partial charge in [-0.2, -0.15) is 0 Å². The predicted octanol–water partition coefficient (Wildman–Crippen LogP) is 11.3. The molecule has 0 aliphatic carbocycles. The molecular weight excluding hydrogens is 536 g/mol. The Morgan fingerprint density at radius 1 is 0.477 bits per heavy atom. The largest absolute Gasteiger partial charge is 0.455 e. The first kappa shape index (κ1) is 22.6. The van der Waals surface area contributed by atoms with Crippen LogP contribution in [0.5, 0.6) is 0 Å². The molecule has 0 amide bonds. The van der Waals surface area contributed by atoms with Gasteiger partial charge in [-0.15, -0.1) is 0 Å². The van der Waals surface area contributed by atoms with E-state index >= 15 is 0 Å². The van der Waals surface area contributed by atoms with Crippen molar-refractivity contribution in [3.05, 3.63) is 133 Å². The fourth-order valence-electron chi connectivity index (χ4n) is 7.72. The normalized spacial score (nSPS) is 12.5. The molecule has 0 atom stereocenters. The van der Waals surface area contributed by atoms with E-state index < -0.39 is 0 Å². The van der Waals surface area contributed by atoms with Crippen LogP contribution in [-0.4, -0.2) is 9.38 Å². The molecule has 7 aromatic carbocycles. The zero-order valence-electron chi connectivity index (χ0n) is 23.5. The number of pyridine rings is 2. The SMILES string of the molecule is c1ccc2c(c1)oc1c3cc4ccc(-c5cc6c7cccc8cccc(c87)n7c8ccccc8c(c5)c67)nc4cc3ccc21. The van der Waals surface area contributed by atoms with Gasteiger partial charge in [-0.25, -0.2) is 4.98 Å². The molecule has 202 valence electrons. The lowest BCUT2D eigenvalue weighted by Crippen LogP contribution is -1.93. The van der Waals surface area contributed by atoms with Crippen molar-refractivity contribution < 1.29 is 4.42 Å². The highest BCUT2D eigenvalue weighted by molar-refractivity contribution is 6.27. The molecule has 0 N–H and O–H groups in total. The van der Waals surface area contributed by atoms with Crippen LogP contribution in [-0.2, 0) is 0 Å². The van der Waals surface area contributed by atoms with Crippen LogP contribution >= 0.6 is 0 Å². The van der Waals surface area contributed by atoms with Gasteiger partial charge in [0, 0.05) is 48.7 Å². The molecule has 0 spiro atoms. The Hall–Kier alpha value is -5.93. The van der Waals surface area contributed by atoms with Gasteiger partial charge in [-0.3, -0.25) is 0 Å². The molecule has 4 heterocycles. The Balaban J connectivity index is 1.21. The molecule has 4 aromatic heterocycles. The van der Waals surface area contributed by atoms with E-state index in [9.17, 15) is 0 Å². The van der Waals surface area contributed by atoms with Gasteiger partial charge in [-0.05, 0) is 70.8 Å². The van der Waals surface area contributed by atoms with Gasteiger partial charge < -0.3 is 8.82 Å². The van der Waals surface area contributed by atoms with Gasteiger partial charge >= 0.3 is 0 Å². The summed E-state index contributed by atoms with van der Waals surface area (Å²) < 4.78 is 8.80. The highest BCUT2D eigenvalue weighted by atomic mass is 16.3. The fraction of sp³-hybridized carbons (Fsp3) is 0. The van der Waals surface area contributed by atoms with Crippen LogP contribution in [0.1, 0.15) is 0 Å². The molecule has 0 radical (unpaired) electrons. The molecule has 0 fully saturated rings. The lowest BCUT2D eigenvalue weighted by Gasteiger charge is -2.14. The van der Waals surface area contributed by atoms with Gasteiger partial charge in [0.05, 0.1) is 27.8 Å². The van der Waals surface area contributed by atoms with Crippen LogP contribution in [0.4, 0.5) is 0 Å². The minimum atomic E-state index is 0.919. The van der Waals surface area contributed by atoms with Crippen molar-refractivity contribution in [1.82, 2.24) is 9.38 Å². The molecule has 0 saturated heterocycles. The number of furan rings is 1. The summed E-state index contributed by atoms with van der Waals surface area (Å²) in [5, 5.41) is 13.3. The first-order valence-electron chi connectivity index (χ1n) is 15.0. The van der Waals surface area contributed by atoms with Crippen LogP contribution in [0.2, 0.25) is 0 Å². The average Bonchev–Trinajstić information content (AvgIpc) is 3.62. The van der Waals surface area contributed by atoms with Crippen LogP contribution in [0.3, 0.4) is 0 Å². The summed E-state index contributed by atoms with van der Waals surface area (Å²) in [4.78, 5) is 5.26. The standard InChI is InChI=1S/C41H22N2O/c1-3-12-36-27(9-1)32-20-26(21-33-29-11-5-7-23-8-6-13-37(39(23)29)43(36)40(32)33)34-18-16-25-19-31-24(22-35(25)42-34)15-17-30-28-10-2-4-14-38(28)44-41(30)31/h1-22H. The van der Waals surface area contributed by atoms with Gasteiger partial charge in [0.15, 0.2) is 0 Å². The Labute approximate surface area is 250 Å². The smallest absolute Gasteiger partial charge is 0.143 e. The quantitative estimate of drug-likeness (QED) is 0.148. The fourth-order valence-corrected chi connectivity index (χ4v) is 7.72. The second-order valence-electron chi connectivity index (χ2n) is 12.0. The monoisotopic (exact) mass is 558 g/mol. The Morgan fingerprint density at radius 2 is 1.23 bits per heavy atom. The van der Waals surface area contributed by atoms with Gasteiger partial charge in [-0.1, -0.05) is 78.9 Å². The zero-order chi connectivity index (χ0) is 28.5. The minimum absolute atomic E-state index is 0.919. The molecule has 0 unspecified atom stereocenters. The van der Waals surface area contributed by atoms with E-state index in [-0.39, 0.29) is 0 Å². The number of rotatable bonds is 1. The van der Waals surface area contributed by atoms with Gasteiger partial charge in [0.1, 0.15) is 11.2 Å². The summed E-state index contributed by atoms with van der Waals surface area (Å²) in [6.07, 6.45) is 0. The molecule has 3 heteroatoms. The minimum Gasteiger partial charge on any atom is -0.455 e. The van der Waals surface area contributed by atoms with E-state index in [1.165, 1.54) is 48.9 Å². The summed E-state index contributed by atoms with van der Waals surface area (Å²) in [5.74, 6) is 0. The van der Waals surface area contributed by atoms with E-state index in [1.807, 2.05) is 12.1 Å². The molecule has 0 aliphatic heterocycles. The van der Waals surface area contributed by atoms with Crippen molar-refractivity contribution in [1.29, 1.82) is 0 Å². The Bertz CT molecular complexity index is 2990. The number of hydrogen-bond acceptors (Lipinski definition) is 2. The molecule has 0 aliphatic rings. The number of para-hydroxylation sites is 2. The highest BCUT2D eigenvalue weighted by Gasteiger charge is 2.19. The highest BCUT2D eigenvalue weighted by Crippen LogP contribution is 2.43. The number of benzene rings is 7. The van der Waals surface area contributed by atoms with Gasteiger partial charge in [0.2, 0.25) is 0 Å². The summed E-state index contributed by atoms with van der Waals surface area (Å²) in [7, 11) is 0. The topological polar surface area (TPSA) is 30.4 Å². The lowest BCUT2D eigenvalue weighted by molar-refractivity contribution is 0.672. The van der Waals surface area contributed by atoms with Crippen LogP contribution in [0.25, 0.3) is 104 Å². The summed E-state index contributed by atoms with van der Waals surface area (Å²) in [6.45, 7) is 0. The van der Waals surface area contributed by atoms with Crippen molar-refractivity contribution in [2.24, 2.45) is 0 Å². The molecule has 11 rings (SSSR count). The number of fused-ring (bicyclic) bond motifs is 11. The Morgan fingerprint density at radius 3 is 2.16 bits per heavy atom. The second kappa shape index (κ2) is 7.91. The summed E-state index contributed by atoms with van der Waals surface area (Å²) >= 11 is 0. The summed E-state index contributed by atoms with van der Waals surface area (Å²) in [6, 6.07) is 48.2. The van der Waals surface area contributed by atoms with E-state index in [2.05, 4.69) is 126 Å². The van der Waals surface area contributed by atoms with Crippen LogP contribution in [0, 0.1) is 0 Å². The molecule has 44 heavy (non-hydrogen) atoms. The third-order valence-electron chi connectivity index (χ3n) is 9.65. The molecule has 11 aromatic rings. The van der Waals surface area contributed by atoms with Gasteiger partial charge in [0.25, 0.3) is 0 Å². The lowest BCUT2D eigenvalue weighted by atomic mass is 9.96. The molecular formula is C41H22N2O. The average molecular weight is 559 g/mol. The van der Waals surface area contributed by atoms with Crippen molar-refractivity contribution in [3.8, 4) is 11.3 Å². The Kier molecular flexibility index (Phi) is 4.07. The number of aromatic nitrogens is 2. The van der Waals surface area contributed by atoms with Crippen molar-refractivity contribution in [3.63, 3.8) is 0 Å².